The van der Waals surface area contributed by atoms with Crippen LogP contribution in [0.25, 0.3) is 0 Å². The lowest BCUT2D eigenvalue weighted by Gasteiger charge is -1.81. The predicted molar refractivity (Wildman–Crippen MR) is 38.1 cm³/mol. The first-order valence-electron chi connectivity index (χ1n) is 2.86. The van der Waals surface area contributed by atoms with Crippen LogP contribution in [0.15, 0.2) is 0 Å². The van der Waals surface area contributed by atoms with Crippen LogP contribution < -0.4 is 0 Å². The maximum absolute atomic E-state index is 9.90. The summed E-state index contributed by atoms with van der Waals surface area (Å²) in [5, 5.41) is 2.16. The maximum atomic E-state index is 9.90. The lowest BCUT2D eigenvalue weighted by atomic mass is 10.3. The first-order valence-corrected chi connectivity index (χ1v) is 3.97. The average molecular weight is 146 g/mol. The summed E-state index contributed by atoms with van der Waals surface area (Å²) >= 11 is -1.93. The minimum atomic E-state index is -1.93. The molecule has 1 unspecified atom stereocenters. The topological polar surface area (TPSA) is 37.3 Å². The molecular weight excluding hydrogens is 136 g/mol. The third kappa shape index (κ3) is 7.67. The van der Waals surface area contributed by atoms with Gasteiger partial charge in [-0.1, -0.05) is 19.3 Å². The van der Waals surface area contributed by atoms with E-state index >= 15 is 0 Å². The number of hydrogen-bond acceptors (Lipinski definition) is 1. The highest BCUT2D eigenvalue weighted by Gasteiger charge is 1.78. The van der Waals surface area contributed by atoms with Crippen LogP contribution in [0.5, 0.6) is 0 Å². The standard InChI is InChI=1S/C6H10O2S/c1-2-3-4-5-6-9(7)8/h2-4H2,1H3,(H,7,8). The predicted octanol–water partition coefficient (Wildman–Crippen LogP) is 1.36. The Hall–Kier alpha value is -0.330. The molecule has 52 valence electrons. The van der Waals surface area contributed by atoms with Gasteiger partial charge >= 0.3 is 0 Å². The average Bonchev–Trinajstić information content (AvgIpc) is 1.80. The molecule has 0 saturated heterocycles. The molecule has 9 heavy (non-hydrogen) atoms. The van der Waals surface area contributed by atoms with Gasteiger partial charge in [-0.25, -0.2) is 4.21 Å². The summed E-state index contributed by atoms with van der Waals surface area (Å²) < 4.78 is 18.1. The van der Waals surface area contributed by atoms with E-state index in [2.05, 4.69) is 18.1 Å². The van der Waals surface area contributed by atoms with E-state index < -0.39 is 11.1 Å². The van der Waals surface area contributed by atoms with Crippen molar-refractivity contribution in [2.24, 2.45) is 0 Å². The van der Waals surface area contributed by atoms with E-state index in [1.165, 1.54) is 0 Å². The highest BCUT2D eigenvalue weighted by Crippen LogP contribution is 1.90. The third-order valence-electron chi connectivity index (χ3n) is 0.815. The van der Waals surface area contributed by atoms with Gasteiger partial charge in [-0.2, -0.15) is 0 Å². The lowest BCUT2D eigenvalue weighted by molar-refractivity contribution is 0.576. The second-order valence-electron chi connectivity index (χ2n) is 1.63. The molecule has 0 amide bonds. The fourth-order valence-electron chi connectivity index (χ4n) is 0.378. The number of rotatable bonds is 2. The Morgan fingerprint density at radius 1 is 1.67 bits per heavy atom. The smallest absolute Gasteiger partial charge is 0.233 e. The molecule has 0 spiro atoms. The zero-order valence-electron chi connectivity index (χ0n) is 5.39. The van der Waals surface area contributed by atoms with Gasteiger partial charge in [0.2, 0.25) is 11.1 Å². The first kappa shape index (κ1) is 8.67. The van der Waals surface area contributed by atoms with Gasteiger partial charge in [0.1, 0.15) is 0 Å². The van der Waals surface area contributed by atoms with Gasteiger partial charge in [0.05, 0.1) is 0 Å². The van der Waals surface area contributed by atoms with Crippen LogP contribution in [0.2, 0.25) is 0 Å². The molecule has 0 rings (SSSR count). The molecule has 0 saturated carbocycles. The van der Waals surface area contributed by atoms with Crippen LogP contribution in [-0.2, 0) is 11.1 Å². The van der Waals surface area contributed by atoms with Gasteiger partial charge in [0.15, 0.2) is 0 Å². The Morgan fingerprint density at radius 2 is 2.33 bits per heavy atom. The Labute approximate surface area is 57.9 Å². The van der Waals surface area contributed by atoms with Gasteiger partial charge in [-0.05, 0) is 6.42 Å². The van der Waals surface area contributed by atoms with Gasteiger partial charge < -0.3 is 0 Å². The van der Waals surface area contributed by atoms with Crippen molar-refractivity contribution in [2.75, 3.05) is 0 Å². The van der Waals surface area contributed by atoms with Crippen LogP contribution in [0.3, 0.4) is 0 Å². The van der Waals surface area contributed by atoms with Crippen molar-refractivity contribution in [3.63, 3.8) is 0 Å². The quantitative estimate of drug-likeness (QED) is 0.363. The van der Waals surface area contributed by atoms with Crippen LogP contribution in [-0.4, -0.2) is 8.76 Å². The van der Waals surface area contributed by atoms with Crippen molar-refractivity contribution in [3.05, 3.63) is 0 Å². The Kier molecular flexibility index (Phi) is 5.59. The molecule has 0 aromatic carbocycles. The van der Waals surface area contributed by atoms with E-state index in [1.807, 2.05) is 0 Å². The van der Waals surface area contributed by atoms with Crippen LogP contribution in [0.1, 0.15) is 26.2 Å². The highest BCUT2D eigenvalue weighted by molar-refractivity contribution is 7.84. The Morgan fingerprint density at radius 3 is 2.78 bits per heavy atom. The summed E-state index contributed by atoms with van der Waals surface area (Å²) in [4.78, 5) is 0. The van der Waals surface area contributed by atoms with E-state index in [0.29, 0.717) is 0 Å². The van der Waals surface area contributed by atoms with Crippen LogP contribution >= 0.6 is 0 Å². The van der Waals surface area contributed by atoms with Gasteiger partial charge in [0, 0.05) is 11.7 Å². The molecule has 1 atom stereocenters. The fraction of sp³-hybridized carbons (Fsp3) is 0.667. The monoisotopic (exact) mass is 146 g/mol. The minimum Gasteiger partial charge on any atom is -0.296 e. The molecule has 0 aliphatic heterocycles. The summed E-state index contributed by atoms with van der Waals surface area (Å²) in [6.45, 7) is 2.05. The molecule has 0 radical (unpaired) electrons. The molecule has 2 nitrogen and oxygen atoms in total. The SMILES string of the molecule is CCCCC#CS(=O)O. The lowest BCUT2D eigenvalue weighted by Crippen LogP contribution is -1.76. The van der Waals surface area contributed by atoms with E-state index in [0.717, 1.165) is 19.3 Å². The second-order valence-corrected chi connectivity index (χ2v) is 2.33. The van der Waals surface area contributed by atoms with Crippen molar-refractivity contribution in [1.82, 2.24) is 0 Å². The molecule has 0 aliphatic carbocycles. The van der Waals surface area contributed by atoms with Crippen LogP contribution in [0, 0.1) is 11.2 Å². The van der Waals surface area contributed by atoms with E-state index in [1.54, 1.807) is 0 Å². The zero-order valence-corrected chi connectivity index (χ0v) is 6.20. The Bertz CT molecular complexity index is 143. The van der Waals surface area contributed by atoms with Gasteiger partial charge in [-0.3, -0.25) is 4.55 Å². The summed E-state index contributed by atoms with van der Waals surface area (Å²) in [6, 6.07) is 0. The van der Waals surface area contributed by atoms with Gasteiger partial charge in [-0.15, -0.1) is 0 Å². The van der Waals surface area contributed by atoms with Gasteiger partial charge in [0.25, 0.3) is 0 Å². The van der Waals surface area contributed by atoms with E-state index in [9.17, 15) is 4.21 Å². The molecule has 1 N–H and O–H groups in total. The van der Waals surface area contributed by atoms with Crippen molar-refractivity contribution in [2.45, 2.75) is 26.2 Å². The number of hydrogen-bond donors (Lipinski definition) is 1. The summed E-state index contributed by atoms with van der Waals surface area (Å²) in [5.74, 6) is 2.59. The fourth-order valence-corrected chi connectivity index (χ4v) is 0.603. The van der Waals surface area contributed by atoms with Crippen molar-refractivity contribution >= 4 is 11.1 Å². The Balaban J connectivity index is 3.27. The largest absolute Gasteiger partial charge is 0.296 e. The number of unbranched alkanes of at least 4 members (excludes halogenated alkanes) is 2. The molecule has 0 fully saturated rings. The molecular formula is C6H10O2S. The van der Waals surface area contributed by atoms with Crippen molar-refractivity contribution in [1.29, 1.82) is 0 Å². The molecule has 0 aliphatic rings. The van der Waals surface area contributed by atoms with Crippen molar-refractivity contribution in [3.8, 4) is 11.2 Å². The van der Waals surface area contributed by atoms with E-state index in [4.69, 9.17) is 4.55 Å². The third-order valence-corrected chi connectivity index (χ3v) is 1.13. The molecule has 0 aromatic heterocycles. The minimum absolute atomic E-state index is 0.725. The molecule has 0 aromatic rings. The molecule has 3 heteroatoms. The second kappa shape index (κ2) is 5.80. The first-order chi connectivity index (χ1) is 4.27. The molecule has 0 bridgehead atoms. The normalized spacial score (nSPS) is 11.8. The zero-order chi connectivity index (χ0) is 7.11. The summed E-state index contributed by atoms with van der Waals surface area (Å²) in [5.41, 5.74) is 0. The van der Waals surface area contributed by atoms with E-state index in [-0.39, 0.29) is 0 Å². The maximum Gasteiger partial charge on any atom is 0.233 e. The molecule has 0 heterocycles. The van der Waals surface area contributed by atoms with Crippen LogP contribution in [0.4, 0.5) is 0 Å². The summed E-state index contributed by atoms with van der Waals surface area (Å²) in [6.07, 6.45) is 2.81. The van der Waals surface area contributed by atoms with Crippen molar-refractivity contribution < 1.29 is 8.76 Å². The summed E-state index contributed by atoms with van der Waals surface area (Å²) in [7, 11) is 0. The highest BCUT2D eigenvalue weighted by atomic mass is 32.2.